The molecule has 1 atom stereocenters. The molecule has 3 heterocycles. The van der Waals surface area contributed by atoms with Crippen LogP contribution < -0.4 is 10.6 Å². The number of hydrogen-bond donors (Lipinski definition) is 3. The Hall–Kier alpha value is -5.02. The van der Waals surface area contributed by atoms with Crippen molar-refractivity contribution in [3.8, 4) is 5.69 Å². The molecule has 0 saturated carbocycles. The smallest absolute Gasteiger partial charge is 0.270 e. The number of hydrogen-bond acceptors (Lipinski definition) is 5. The summed E-state index contributed by atoms with van der Waals surface area (Å²) >= 11 is 0. The molecule has 0 unspecified atom stereocenters. The molecule has 0 radical (unpaired) electrons. The van der Waals surface area contributed by atoms with Crippen molar-refractivity contribution < 1.29 is 14.7 Å². The van der Waals surface area contributed by atoms with Crippen LogP contribution in [0.4, 0.5) is 0 Å². The standard InChI is InChI=1S/C32H30N6O3/c1-2-24(20-39)35-32(41)29-28(22-8-3-4-9-22)36-30-26(11-7-17-37(29)30)31(40)33-18-21-13-15-25(16-14-21)38-27-12-6-5-10-23(27)19-34-38/h3,5-17,19,24,39H,2,4,18,20H2,1H3,(H,33,40)(H,35,41)/t24-/m0/s1. The predicted molar refractivity (Wildman–Crippen MR) is 158 cm³/mol. The molecule has 9 nitrogen and oxygen atoms in total. The summed E-state index contributed by atoms with van der Waals surface area (Å²) < 4.78 is 3.54. The second kappa shape index (κ2) is 11.2. The molecule has 1 aliphatic carbocycles. The minimum Gasteiger partial charge on any atom is -0.394 e. The SMILES string of the molecule is CC[C@@H](CO)NC(=O)c1c(C2=CCC=C2)nc2c(C(=O)NCc3ccc(-n4ncc5ccccc54)cc3)cccn12. The van der Waals surface area contributed by atoms with Crippen molar-refractivity contribution in [2.24, 2.45) is 0 Å². The van der Waals surface area contributed by atoms with Crippen LogP contribution in [-0.4, -0.2) is 48.7 Å². The lowest BCUT2D eigenvalue weighted by atomic mass is 10.1. The molecular weight excluding hydrogens is 516 g/mol. The zero-order chi connectivity index (χ0) is 28.3. The summed E-state index contributed by atoms with van der Waals surface area (Å²) in [5.74, 6) is -0.642. The van der Waals surface area contributed by atoms with Gasteiger partial charge in [0.1, 0.15) is 11.4 Å². The molecule has 9 heteroatoms. The summed E-state index contributed by atoms with van der Waals surface area (Å²) in [5.41, 5.74) is 5.32. The molecule has 3 aromatic heterocycles. The van der Waals surface area contributed by atoms with Crippen LogP contribution in [0.1, 0.15) is 51.9 Å². The maximum atomic E-state index is 13.4. The van der Waals surface area contributed by atoms with E-state index in [-0.39, 0.29) is 24.5 Å². The van der Waals surface area contributed by atoms with E-state index in [1.54, 1.807) is 22.7 Å². The third-order valence-electron chi connectivity index (χ3n) is 7.31. The van der Waals surface area contributed by atoms with Gasteiger partial charge in [0.05, 0.1) is 35.6 Å². The Labute approximate surface area is 236 Å². The average molecular weight is 547 g/mol. The van der Waals surface area contributed by atoms with E-state index in [0.717, 1.165) is 34.1 Å². The van der Waals surface area contributed by atoms with Crippen molar-refractivity contribution in [1.82, 2.24) is 29.8 Å². The number of aromatic nitrogens is 4. The van der Waals surface area contributed by atoms with Gasteiger partial charge >= 0.3 is 0 Å². The average Bonchev–Trinajstić information content (AvgIpc) is 3.77. The Balaban J connectivity index is 1.25. The second-order valence-corrected chi connectivity index (χ2v) is 9.95. The molecule has 6 rings (SSSR count). The first-order valence-electron chi connectivity index (χ1n) is 13.7. The van der Waals surface area contributed by atoms with E-state index >= 15 is 0 Å². The largest absolute Gasteiger partial charge is 0.394 e. The number of fused-ring (bicyclic) bond motifs is 2. The highest BCUT2D eigenvalue weighted by Gasteiger charge is 2.25. The van der Waals surface area contributed by atoms with Gasteiger partial charge in [-0.2, -0.15) is 5.10 Å². The van der Waals surface area contributed by atoms with Gasteiger partial charge < -0.3 is 15.7 Å². The number of nitrogens with one attached hydrogen (secondary N) is 2. The molecule has 0 aliphatic heterocycles. The summed E-state index contributed by atoms with van der Waals surface area (Å²) in [6.07, 6.45) is 10.8. The molecule has 5 aromatic rings. The Bertz CT molecular complexity index is 1810. The number of rotatable bonds is 9. The molecule has 2 amide bonds. The first-order valence-corrected chi connectivity index (χ1v) is 13.7. The number of para-hydroxylation sites is 1. The lowest BCUT2D eigenvalue weighted by Crippen LogP contribution is -2.37. The molecule has 3 N–H and O–H groups in total. The highest BCUT2D eigenvalue weighted by Crippen LogP contribution is 2.27. The van der Waals surface area contributed by atoms with Crippen LogP contribution in [0.3, 0.4) is 0 Å². The number of imidazole rings is 1. The maximum Gasteiger partial charge on any atom is 0.270 e. The van der Waals surface area contributed by atoms with E-state index in [9.17, 15) is 14.7 Å². The van der Waals surface area contributed by atoms with Gasteiger partial charge in [-0.1, -0.05) is 55.5 Å². The third kappa shape index (κ3) is 5.03. The van der Waals surface area contributed by atoms with Crippen molar-refractivity contribution >= 4 is 33.9 Å². The van der Waals surface area contributed by atoms with Crippen LogP contribution >= 0.6 is 0 Å². The number of aliphatic hydroxyl groups is 1. The van der Waals surface area contributed by atoms with Crippen molar-refractivity contribution in [3.63, 3.8) is 0 Å². The molecule has 0 spiro atoms. The monoisotopic (exact) mass is 546 g/mol. The van der Waals surface area contributed by atoms with Gasteiger partial charge in [-0.05, 0) is 54.3 Å². The maximum absolute atomic E-state index is 13.4. The normalized spacial score (nSPS) is 13.5. The predicted octanol–water partition coefficient (Wildman–Crippen LogP) is 4.45. The summed E-state index contributed by atoms with van der Waals surface area (Å²) in [4.78, 5) is 31.5. The number of aliphatic hydroxyl groups excluding tert-OH is 1. The van der Waals surface area contributed by atoms with Crippen molar-refractivity contribution in [2.75, 3.05) is 6.61 Å². The van der Waals surface area contributed by atoms with E-state index < -0.39 is 0 Å². The van der Waals surface area contributed by atoms with Gasteiger partial charge in [0.2, 0.25) is 0 Å². The van der Waals surface area contributed by atoms with Crippen molar-refractivity contribution in [1.29, 1.82) is 0 Å². The molecule has 206 valence electrons. The molecule has 0 fully saturated rings. The van der Waals surface area contributed by atoms with E-state index in [1.165, 1.54) is 0 Å². The number of pyridine rings is 1. The number of carbonyl (C=O) groups is 2. The Morgan fingerprint density at radius 3 is 2.63 bits per heavy atom. The summed E-state index contributed by atoms with van der Waals surface area (Å²) in [6.45, 7) is 2.06. The highest BCUT2D eigenvalue weighted by atomic mass is 16.3. The van der Waals surface area contributed by atoms with Crippen LogP contribution in [0.15, 0.2) is 91.3 Å². The van der Waals surface area contributed by atoms with Crippen LogP contribution in [0.2, 0.25) is 0 Å². The summed E-state index contributed by atoms with van der Waals surface area (Å²) in [6, 6.07) is 19.0. The number of amides is 2. The lowest BCUT2D eigenvalue weighted by Gasteiger charge is -2.14. The zero-order valence-electron chi connectivity index (χ0n) is 22.6. The Morgan fingerprint density at radius 1 is 1.05 bits per heavy atom. The first-order chi connectivity index (χ1) is 20.1. The minimum absolute atomic E-state index is 0.163. The van der Waals surface area contributed by atoms with Gasteiger partial charge in [0.25, 0.3) is 11.8 Å². The van der Waals surface area contributed by atoms with Crippen LogP contribution in [-0.2, 0) is 6.54 Å². The first kappa shape index (κ1) is 26.2. The van der Waals surface area contributed by atoms with Crippen LogP contribution in [0.25, 0.3) is 27.8 Å². The van der Waals surface area contributed by atoms with Gasteiger partial charge in [-0.3, -0.25) is 14.0 Å². The van der Waals surface area contributed by atoms with Crippen molar-refractivity contribution in [3.05, 3.63) is 114 Å². The van der Waals surface area contributed by atoms with E-state index in [4.69, 9.17) is 4.98 Å². The van der Waals surface area contributed by atoms with Gasteiger partial charge in [0.15, 0.2) is 5.65 Å². The van der Waals surface area contributed by atoms with Gasteiger partial charge in [0, 0.05) is 18.1 Å². The molecular formula is C32H30N6O3. The topological polar surface area (TPSA) is 114 Å². The lowest BCUT2D eigenvalue weighted by molar-refractivity contribution is 0.0906. The molecule has 2 aromatic carbocycles. The quantitative estimate of drug-likeness (QED) is 0.253. The fourth-order valence-electron chi connectivity index (χ4n) is 5.04. The number of benzene rings is 2. The number of nitrogens with zero attached hydrogens (tertiary/aromatic N) is 4. The van der Waals surface area contributed by atoms with Gasteiger partial charge in [-0.25, -0.2) is 9.67 Å². The molecule has 1 aliphatic rings. The fourth-order valence-corrected chi connectivity index (χ4v) is 5.04. The molecule has 0 saturated heterocycles. The minimum atomic E-state index is -0.376. The van der Waals surface area contributed by atoms with Crippen molar-refractivity contribution in [2.45, 2.75) is 32.4 Å². The molecule has 41 heavy (non-hydrogen) atoms. The van der Waals surface area contributed by atoms with E-state index in [1.807, 2.05) is 84.6 Å². The van der Waals surface area contributed by atoms with Crippen LogP contribution in [0, 0.1) is 0 Å². The third-order valence-corrected chi connectivity index (χ3v) is 7.31. The van der Waals surface area contributed by atoms with Gasteiger partial charge in [-0.15, -0.1) is 0 Å². The van der Waals surface area contributed by atoms with E-state index in [2.05, 4.69) is 15.7 Å². The Kier molecular flexibility index (Phi) is 7.18. The fraction of sp³-hybridized carbons (Fsp3) is 0.188. The van der Waals surface area contributed by atoms with Crippen LogP contribution in [0.5, 0.6) is 0 Å². The highest BCUT2D eigenvalue weighted by molar-refractivity contribution is 6.04. The number of carbonyl (C=O) groups excluding carboxylic acids is 2. The van der Waals surface area contributed by atoms with E-state index in [0.29, 0.717) is 35.6 Å². The molecule has 0 bridgehead atoms. The second-order valence-electron chi connectivity index (χ2n) is 9.95. The number of allylic oxidation sites excluding steroid dienone is 4. The summed E-state index contributed by atoms with van der Waals surface area (Å²) in [5, 5.41) is 21.1. The zero-order valence-corrected chi connectivity index (χ0v) is 22.6. The Morgan fingerprint density at radius 2 is 1.88 bits per heavy atom. The summed E-state index contributed by atoms with van der Waals surface area (Å²) in [7, 11) is 0.